The zero-order valence-electron chi connectivity index (χ0n) is 20.1. The van der Waals surface area contributed by atoms with Crippen LogP contribution in [0.3, 0.4) is 0 Å². The third kappa shape index (κ3) is 9.25. The molecule has 0 bridgehead atoms. The Bertz CT molecular complexity index is 1120. The van der Waals surface area contributed by atoms with Crippen LogP contribution in [0.15, 0.2) is 52.9 Å². The Morgan fingerprint density at radius 1 is 1.06 bits per heavy atom. The first-order valence-electron chi connectivity index (χ1n) is 11.3. The van der Waals surface area contributed by atoms with E-state index in [1.807, 2.05) is 50.5 Å². The predicted molar refractivity (Wildman–Crippen MR) is 144 cm³/mol. The van der Waals surface area contributed by atoms with E-state index < -0.39 is 0 Å². The van der Waals surface area contributed by atoms with Gasteiger partial charge in [0, 0.05) is 23.6 Å². The monoisotopic (exact) mass is 531 g/mol. The number of halogens is 1. The molecule has 0 aliphatic heterocycles. The first kappa shape index (κ1) is 27.1. The lowest BCUT2D eigenvalue weighted by atomic mass is 10.0. The van der Waals surface area contributed by atoms with Crippen molar-refractivity contribution in [1.82, 2.24) is 20.4 Å². The Balaban J connectivity index is 1.46. The van der Waals surface area contributed by atoms with Crippen molar-refractivity contribution in [2.45, 2.75) is 42.3 Å². The van der Waals surface area contributed by atoms with Crippen LogP contribution in [0.4, 0.5) is 5.13 Å². The molecule has 2 aromatic carbocycles. The fourth-order valence-electron chi connectivity index (χ4n) is 3.31. The fourth-order valence-corrected chi connectivity index (χ4v) is 5.28. The molecule has 0 saturated heterocycles. The molecule has 35 heavy (non-hydrogen) atoms. The Hall–Kier alpha value is -2.46. The molecule has 3 aromatic rings. The van der Waals surface area contributed by atoms with Crippen LogP contribution in [0, 0.1) is 6.92 Å². The minimum Gasteiger partial charge on any atom is -0.349 e. The lowest BCUT2D eigenvalue weighted by Crippen LogP contribution is -2.31. The van der Waals surface area contributed by atoms with Gasteiger partial charge in [-0.1, -0.05) is 71.1 Å². The molecule has 186 valence electrons. The van der Waals surface area contributed by atoms with Crippen LogP contribution in [0.25, 0.3) is 0 Å². The number of carbonyl (C=O) groups is 2. The minimum absolute atomic E-state index is 0.0676. The van der Waals surface area contributed by atoms with Gasteiger partial charge in [0.25, 0.3) is 0 Å². The molecule has 3 rings (SSSR count). The van der Waals surface area contributed by atoms with Gasteiger partial charge in [-0.05, 0) is 62.8 Å². The van der Waals surface area contributed by atoms with Crippen molar-refractivity contribution in [3.05, 3.63) is 70.2 Å². The van der Waals surface area contributed by atoms with Gasteiger partial charge in [0.2, 0.25) is 16.9 Å². The van der Waals surface area contributed by atoms with Gasteiger partial charge in [-0.3, -0.25) is 9.59 Å². The molecule has 10 heteroatoms. The topological polar surface area (TPSA) is 87.2 Å². The van der Waals surface area contributed by atoms with Crippen molar-refractivity contribution in [3.63, 3.8) is 0 Å². The maximum absolute atomic E-state index is 12.6. The number of thioether (sulfide) groups is 1. The molecule has 1 aromatic heterocycles. The van der Waals surface area contributed by atoms with E-state index in [9.17, 15) is 9.59 Å². The van der Waals surface area contributed by atoms with E-state index in [0.717, 1.165) is 28.6 Å². The summed E-state index contributed by atoms with van der Waals surface area (Å²) in [7, 11) is 3.98. The molecule has 0 aliphatic rings. The molecule has 2 N–H and O–H groups in total. The molecule has 0 aliphatic carbocycles. The average molecular weight is 532 g/mol. The van der Waals surface area contributed by atoms with Crippen molar-refractivity contribution in [2.75, 3.05) is 26.0 Å². The summed E-state index contributed by atoms with van der Waals surface area (Å²) >= 11 is 8.92. The second kappa shape index (κ2) is 13.6. The van der Waals surface area contributed by atoms with Crippen LogP contribution in [-0.4, -0.2) is 47.6 Å². The Morgan fingerprint density at radius 3 is 2.49 bits per heavy atom. The second-order valence-electron chi connectivity index (χ2n) is 8.40. The number of hydrogen-bond donors (Lipinski definition) is 2. The molecule has 0 spiro atoms. The summed E-state index contributed by atoms with van der Waals surface area (Å²) in [5.41, 5.74) is 3.46. The van der Waals surface area contributed by atoms with Gasteiger partial charge >= 0.3 is 0 Å². The quantitative estimate of drug-likeness (QED) is 0.243. The first-order chi connectivity index (χ1) is 16.8. The van der Waals surface area contributed by atoms with Gasteiger partial charge < -0.3 is 15.5 Å². The number of rotatable bonds is 12. The standard InChI is InChI=1S/C25H30ClN5O2S2/c1-17-6-4-5-7-19(17)16-34-25-30-29-24(35-25)28-23(33)13-12-22(32)27-21(14-15-31(2)3)18-8-10-20(26)11-9-18/h4-11,21H,12-16H2,1-3H3,(H,27,32)(H,28,29,33). The van der Waals surface area contributed by atoms with Crippen LogP contribution in [0.2, 0.25) is 5.02 Å². The first-order valence-corrected chi connectivity index (χ1v) is 13.5. The number of nitrogens with one attached hydrogen (secondary N) is 2. The molecule has 1 heterocycles. The van der Waals surface area contributed by atoms with E-state index in [1.54, 1.807) is 11.8 Å². The minimum atomic E-state index is -0.261. The molecule has 0 fully saturated rings. The zero-order valence-corrected chi connectivity index (χ0v) is 22.5. The third-order valence-corrected chi connectivity index (χ3v) is 7.59. The van der Waals surface area contributed by atoms with Gasteiger partial charge in [0.1, 0.15) is 0 Å². The highest BCUT2D eigenvalue weighted by Crippen LogP contribution is 2.29. The molecule has 1 unspecified atom stereocenters. The van der Waals surface area contributed by atoms with Crippen molar-refractivity contribution < 1.29 is 9.59 Å². The summed E-state index contributed by atoms with van der Waals surface area (Å²) in [6, 6.07) is 15.5. The number of benzene rings is 2. The van der Waals surface area contributed by atoms with Crippen LogP contribution >= 0.6 is 34.7 Å². The Morgan fingerprint density at radius 2 is 1.77 bits per heavy atom. The van der Waals surface area contributed by atoms with Gasteiger partial charge in [-0.15, -0.1) is 10.2 Å². The fraction of sp³-hybridized carbons (Fsp3) is 0.360. The van der Waals surface area contributed by atoms with Crippen molar-refractivity contribution >= 4 is 51.6 Å². The highest BCUT2D eigenvalue weighted by molar-refractivity contribution is 8.00. The SMILES string of the molecule is Cc1ccccc1CSc1nnc(NC(=O)CCC(=O)NC(CCN(C)C)c2ccc(Cl)cc2)s1. The number of amides is 2. The summed E-state index contributed by atoms with van der Waals surface area (Å²) in [5, 5.41) is 15.1. The van der Waals surface area contributed by atoms with E-state index >= 15 is 0 Å². The molecule has 0 saturated carbocycles. The second-order valence-corrected chi connectivity index (χ2v) is 11.0. The molecule has 1 atom stereocenters. The number of carbonyl (C=O) groups excluding carboxylic acids is 2. The molecular weight excluding hydrogens is 502 g/mol. The van der Waals surface area contributed by atoms with Gasteiger partial charge in [-0.2, -0.15) is 0 Å². The van der Waals surface area contributed by atoms with Crippen molar-refractivity contribution in [1.29, 1.82) is 0 Å². The zero-order chi connectivity index (χ0) is 25.2. The highest BCUT2D eigenvalue weighted by Gasteiger charge is 2.17. The van der Waals surface area contributed by atoms with E-state index in [-0.39, 0.29) is 30.7 Å². The molecular formula is C25H30ClN5O2S2. The van der Waals surface area contributed by atoms with Crippen molar-refractivity contribution in [2.24, 2.45) is 0 Å². The number of hydrogen-bond acceptors (Lipinski definition) is 7. The largest absolute Gasteiger partial charge is 0.349 e. The number of nitrogens with zero attached hydrogens (tertiary/aromatic N) is 3. The lowest BCUT2D eigenvalue weighted by molar-refractivity contribution is -0.125. The summed E-state index contributed by atoms with van der Waals surface area (Å²) in [6.45, 7) is 2.90. The van der Waals surface area contributed by atoms with E-state index in [0.29, 0.717) is 10.2 Å². The van der Waals surface area contributed by atoms with Crippen LogP contribution in [0.5, 0.6) is 0 Å². The summed E-state index contributed by atoms with van der Waals surface area (Å²) in [4.78, 5) is 27.0. The van der Waals surface area contributed by atoms with Crippen LogP contribution < -0.4 is 10.6 Å². The lowest BCUT2D eigenvalue weighted by Gasteiger charge is -2.21. The summed E-state index contributed by atoms with van der Waals surface area (Å²) < 4.78 is 0.785. The Labute approximate surface area is 219 Å². The predicted octanol–water partition coefficient (Wildman–Crippen LogP) is 5.32. The smallest absolute Gasteiger partial charge is 0.226 e. The number of aromatic nitrogens is 2. The maximum atomic E-state index is 12.6. The molecule has 7 nitrogen and oxygen atoms in total. The van der Waals surface area contributed by atoms with E-state index in [4.69, 9.17) is 11.6 Å². The average Bonchev–Trinajstić information content (AvgIpc) is 3.27. The summed E-state index contributed by atoms with van der Waals surface area (Å²) in [5.74, 6) is 0.353. The maximum Gasteiger partial charge on any atom is 0.226 e. The Kier molecular flexibility index (Phi) is 10.5. The van der Waals surface area contributed by atoms with Gasteiger partial charge in [0.05, 0.1) is 6.04 Å². The van der Waals surface area contributed by atoms with Gasteiger partial charge in [0.15, 0.2) is 4.34 Å². The molecule has 2 amide bonds. The van der Waals surface area contributed by atoms with Gasteiger partial charge in [-0.25, -0.2) is 0 Å². The number of anilines is 1. The molecule has 0 radical (unpaired) electrons. The van der Waals surface area contributed by atoms with E-state index in [1.165, 1.54) is 22.5 Å². The van der Waals surface area contributed by atoms with Crippen LogP contribution in [-0.2, 0) is 15.3 Å². The summed E-state index contributed by atoms with van der Waals surface area (Å²) in [6.07, 6.45) is 0.907. The van der Waals surface area contributed by atoms with E-state index in [2.05, 4.69) is 44.8 Å². The van der Waals surface area contributed by atoms with Crippen LogP contribution in [0.1, 0.15) is 42.0 Å². The third-order valence-electron chi connectivity index (χ3n) is 5.32. The number of aryl methyl sites for hydroxylation is 1. The van der Waals surface area contributed by atoms with Crippen molar-refractivity contribution in [3.8, 4) is 0 Å². The highest BCUT2D eigenvalue weighted by atomic mass is 35.5. The normalized spacial score (nSPS) is 11.9.